The Morgan fingerprint density at radius 1 is 1.16 bits per heavy atom. The Bertz CT molecular complexity index is 362. The standard InChI is InChI=1S/C17H30N2/c1-14-7-9-16(10-8-14)13-19(6)15(2)11-12-18-17(3,4)5/h7-10,15,18H,11-13H2,1-6H3. The fraction of sp³-hybridized carbons (Fsp3) is 0.647. The van der Waals surface area contributed by atoms with Crippen molar-refractivity contribution in [1.82, 2.24) is 10.2 Å². The van der Waals surface area contributed by atoms with Crippen LogP contribution in [0.1, 0.15) is 45.2 Å². The summed E-state index contributed by atoms with van der Waals surface area (Å²) in [5, 5.41) is 3.55. The molecule has 1 aromatic rings. The van der Waals surface area contributed by atoms with Crippen LogP contribution in [0.15, 0.2) is 24.3 Å². The summed E-state index contributed by atoms with van der Waals surface area (Å²) < 4.78 is 0. The van der Waals surface area contributed by atoms with Gasteiger partial charge in [-0.1, -0.05) is 29.8 Å². The average Bonchev–Trinajstić information content (AvgIpc) is 2.30. The van der Waals surface area contributed by atoms with Gasteiger partial charge in [0.25, 0.3) is 0 Å². The first-order valence-electron chi connectivity index (χ1n) is 7.29. The van der Waals surface area contributed by atoms with E-state index in [4.69, 9.17) is 0 Å². The maximum atomic E-state index is 3.55. The van der Waals surface area contributed by atoms with Crippen LogP contribution in [-0.2, 0) is 6.54 Å². The second-order valence-corrected chi connectivity index (χ2v) is 6.72. The molecule has 0 aliphatic rings. The molecule has 0 bridgehead atoms. The van der Waals surface area contributed by atoms with Gasteiger partial charge in [0.15, 0.2) is 0 Å². The van der Waals surface area contributed by atoms with E-state index in [-0.39, 0.29) is 5.54 Å². The lowest BCUT2D eigenvalue weighted by Crippen LogP contribution is -2.39. The molecule has 1 unspecified atom stereocenters. The van der Waals surface area contributed by atoms with Gasteiger partial charge in [-0.15, -0.1) is 0 Å². The zero-order chi connectivity index (χ0) is 14.5. The highest BCUT2D eigenvalue weighted by Crippen LogP contribution is 2.10. The summed E-state index contributed by atoms with van der Waals surface area (Å²) in [6.07, 6.45) is 1.18. The molecule has 0 spiro atoms. The lowest BCUT2D eigenvalue weighted by Gasteiger charge is -2.27. The van der Waals surface area contributed by atoms with Gasteiger partial charge >= 0.3 is 0 Å². The van der Waals surface area contributed by atoms with E-state index in [2.05, 4.69) is 76.1 Å². The van der Waals surface area contributed by atoms with Crippen LogP contribution in [0.3, 0.4) is 0 Å². The molecule has 0 aliphatic carbocycles. The third-order valence-corrected chi connectivity index (χ3v) is 3.52. The SMILES string of the molecule is Cc1ccc(CN(C)C(C)CCNC(C)(C)C)cc1. The number of hydrogen-bond acceptors (Lipinski definition) is 2. The number of aryl methyl sites for hydroxylation is 1. The lowest BCUT2D eigenvalue weighted by atomic mass is 10.1. The normalized spacial score (nSPS) is 13.8. The Balaban J connectivity index is 2.36. The van der Waals surface area contributed by atoms with Gasteiger partial charge in [-0.2, -0.15) is 0 Å². The molecule has 19 heavy (non-hydrogen) atoms. The van der Waals surface area contributed by atoms with Crippen molar-refractivity contribution in [2.24, 2.45) is 0 Å². The molecule has 2 nitrogen and oxygen atoms in total. The van der Waals surface area contributed by atoms with Crippen molar-refractivity contribution in [2.75, 3.05) is 13.6 Å². The quantitative estimate of drug-likeness (QED) is 0.843. The minimum Gasteiger partial charge on any atom is -0.312 e. The predicted molar refractivity (Wildman–Crippen MR) is 84.5 cm³/mol. The van der Waals surface area contributed by atoms with Gasteiger partial charge in [-0.05, 0) is 60.2 Å². The first-order valence-corrected chi connectivity index (χ1v) is 7.29. The number of hydrogen-bond donors (Lipinski definition) is 1. The van der Waals surface area contributed by atoms with Crippen LogP contribution in [-0.4, -0.2) is 30.1 Å². The van der Waals surface area contributed by atoms with Crippen LogP contribution in [0, 0.1) is 6.92 Å². The zero-order valence-corrected chi connectivity index (χ0v) is 13.5. The topological polar surface area (TPSA) is 15.3 Å². The van der Waals surface area contributed by atoms with Gasteiger partial charge in [-0.3, -0.25) is 4.90 Å². The average molecular weight is 262 g/mol. The fourth-order valence-corrected chi connectivity index (χ4v) is 2.01. The summed E-state index contributed by atoms with van der Waals surface area (Å²) in [4.78, 5) is 2.43. The van der Waals surface area contributed by atoms with Gasteiger partial charge in [0.2, 0.25) is 0 Å². The van der Waals surface area contributed by atoms with Gasteiger partial charge in [0.1, 0.15) is 0 Å². The number of nitrogens with one attached hydrogen (secondary N) is 1. The fourth-order valence-electron chi connectivity index (χ4n) is 2.01. The van der Waals surface area contributed by atoms with Crippen LogP contribution in [0.4, 0.5) is 0 Å². The zero-order valence-electron chi connectivity index (χ0n) is 13.5. The monoisotopic (exact) mass is 262 g/mol. The van der Waals surface area contributed by atoms with E-state index in [0.29, 0.717) is 6.04 Å². The molecule has 2 heteroatoms. The largest absolute Gasteiger partial charge is 0.312 e. The van der Waals surface area contributed by atoms with Crippen molar-refractivity contribution in [1.29, 1.82) is 0 Å². The van der Waals surface area contributed by atoms with E-state index in [0.717, 1.165) is 13.1 Å². The number of nitrogens with zero attached hydrogens (tertiary/aromatic N) is 1. The van der Waals surface area contributed by atoms with Crippen molar-refractivity contribution in [2.45, 2.75) is 59.2 Å². The van der Waals surface area contributed by atoms with Gasteiger partial charge < -0.3 is 5.32 Å². The molecule has 1 N–H and O–H groups in total. The highest BCUT2D eigenvalue weighted by molar-refractivity contribution is 5.21. The molecule has 0 saturated carbocycles. The minimum atomic E-state index is 0.218. The van der Waals surface area contributed by atoms with E-state index < -0.39 is 0 Å². The first kappa shape index (κ1) is 16.2. The molecule has 0 radical (unpaired) electrons. The summed E-state index contributed by atoms with van der Waals surface area (Å²) in [5.41, 5.74) is 2.94. The van der Waals surface area contributed by atoms with E-state index in [1.165, 1.54) is 17.5 Å². The Labute approximate surface area is 119 Å². The molecule has 0 saturated heterocycles. The van der Waals surface area contributed by atoms with Crippen LogP contribution in [0.2, 0.25) is 0 Å². The molecule has 1 rings (SSSR count). The van der Waals surface area contributed by atoms with E-state index in [1.807, 2.05) is 0 Å². The highest BCUT2D eigenvalue weighted by atomic mass is 15.1. The highest BCUT2D eigenvalue weighted by Gasteiger charge is 2.12. The van der Waals surface area contributed by atoms with Gasteiger partial charge in [0, 0.05) is 18.1 Å². The molecule has 0 heterocycles. The second-order valence-electron chi connectivity index (χ2n) is 6.72. The van der Waals surface area contributed by atoms with Gasteiger partial charge in [0.05, 0.1) is 0 Å². The smallest absolute Gasteiger partial charge is 0.0233 e. The third-order valence-electron chi connectivity index (χ3n) is 3.52. The van der Waals surface area contributed by atoms with Gasteiger partial charge in [-0.25, -0.2) is 0 Å². The predicted octanol–water partition coefficient (Wildman–Crippen LogP) is 3.59. The van der Waals surface area contributed by atoms with E-state index in [9.17, 15) is 0 Å². The van der Waals surface area contributed by atoms with Crippen molar-refractivity contribution in [3.05, 3.63) is 35.4 Å². The summed E-state index contributed by atoms with van der Waals surface area (Å²) in [6.45, 7) is 13.2. The number of rotatable bonds is 6. The summed E-state index contributed by atoms with van der Waals surface area (Å²) >= 11 is 0. The maximum absolute atomic E-state index is 3.55. The first-order chi connectivity index (χ1) is 8.78. The van der Waals surface area contributed by atoms with Crippen molar-refractivity contribution < 1.29 is 0 Å². The maximum Gasteiger partial charge on any atom is 0.0233 e. The molecule has 0 fully saturated rings. The Morgan fingerprint density at radius 2 is 1.74 bits per heavy atom. The van der Waals surface area contributed by atoms with Crippen molar-refractivity contribution >= 4 is 0 Å². The number of benzene rings is 1. The minimum absolute atomic E-state index is 0.218. The summed E-state index contributed by atoms with van der Waals surface area (Å²) in [6, 6.07) is 9.43. The van der Waals surface area contributed by atoms with Crippen LogP contribution in [0.25, 0.3) is 0 Å². The second kappa shape index (κ2) is 7.06. The molecular formula is C17H30N2. The molecule has 0 aromatic heterocycles. The molecule has 1 aromatic carbocycles. The summed E-state index contributed by atoms with van der Waals surface area (Å²) in [5.74, 6) is 0. The van der Waals surface area contributed by atoms with Crippen LogP contribution < -0.4 is 5.32 Å². The molecule has 1 atom stereocenters. The third kappa shape index (κ3) is 6.74. The molecule has 0 amide bonds. The van der Waals surface area contributed by atoms with Crippen molar-refractivity contribution in [3.8, 4) is 0 Å². The molecular weight excluding hydrogens is 232 g/mol. The lowest BCUT2D eigenvalue weighted by molar-refractivity contribution is 0.231. The summed E-state index contributed by atoms with van der Waals surface area (Å²) in [7, 11) is 2.21. The Hall–Kier alpha value is -0.860. The van der Waals surface area contributed by atoms with E-state index >= 15 is 0 Å². The van der Waals surface area contributed by atoms with E-state index in [1.54, 1.807) is 0 Å². The Morgan fingerprint density at radius 3 is 2.26 bits per heavy atom. The molecule has 0 aliphatic heterocycles. The Kier molecular flexibility index (Phi) is 6.02. The van der Waals surface area contributed by atoms with Crippen LogP contribution in [0.5, 0.6) is 0 Å². The van der Waals surface area contributed by atoms with Crippen molar-refractivity contribution in [3.63, 3.8) is 0 Å². The molecule has 108 valence electrons. The van der Waals surface area contributed by atoms with Crippen LogP contribution >= 0.6 is 0 Å².